The van der Waals surface area contributed by atoms with E-state index in [2.05, 4.69) is 5.32 Å². The first-order valence-corrected chi connectivity index (χ1v) is 6.83. The van der Waals surface area contributed by atoms with Crippen LogP contribution in [0.1, 0.15) is 5.56 Å². The van der Waals surface area contributed by atoms with Crippen LogP contribution in [0, 0.1) is 5.82 Å². The van der Waals surface area contributed by atoms with Gasteiger partial charge in [-0.15, -0.1) is 0 Å². The van der Waals surface area contributed by atoms with E-state index in [-0.39, 0.29) is 5.02 Å². The van der Waals surface area contributed by atoms with Crippen molar-refractivity contribution < 1.29 is 13.9 Å². The largest absolute Gasteiger partial charge is 0.493 e. The molecule has 21 heavy (non-hydrogen) atoms. The van der Waals surface area contributed by atoms with Crippen LogP contribution in [0.3, 0.4) is 0 Å². The highest BCUT2D eigenvalue weighted by molar-refractivity contribution is 6.31. The van der Waals surface area contributed by atoms with Crippen LogP contribution in [-0.4, -0.2) is 21.3 Å². The van der Waals surface area contributed by atoms with E-state index in [4.69, 9.17) is 21.1 Å². The van der Waals surface area contributed by atoms with Crippen LogP contribution in [-0.2, 0) is 6.54 Å². The topological polar surface area (TPSA) is 30.5 Å². The molecule has 0 aromatic heterocycles. The van der Waals surface area contributed by atoms with Gasteiger partial charge in [-0.2, -0.15) is 0 Å². The number of methoxy groups -OCH3 is 2. The molecular weight excluding hydrogens is 293 g/mol. The Bertz CT molecular complexity index is 646. The summed E-state index contributed by atoms with van der Waals surface area (Å²) in [7, 11) is 5.03. The Morgan fingerprint density at radius 2 is 1.76 bits per heavy atom. The molecule has 0 radical (unpaired) electrons. The third-order valence-electron chi connectivity index (χ3n) is 3.21. The lowest BCUT2D eigenvalue weighted by Gasteiger charge is -2.15. The van der Waals surface area contributed by atoms with Crippen molar-refractivity contribution in [2.45, 2.75) is 6.54 Å². The zero-order valence-electron chi connectivity index (χ0n) is 12.2. The van der Waals surface area contributed by atoms with E-state index in [1.54, 1.807) is 26.4 Å². The molecule has 3 nitrogen and oxygen atoms in total. The molecule has 0 bridgehead atoms. The van der Waals surface area contributed by atoms with Gasteiger partial charge in [-0.05, 0) is 48.0 Å². The van der Waals surface area contributed by atoms with Crippen LogP contribution >= 0.6 is 11.6 Å². The van der Waals surface area contributed by atoms with Gasteiger partial charge in [0.1, 0.15) is 5.82 Å². The van der Waals surface area contributed by atoms with Crippen LogP contribution in [0.5, 0.6) is 11.5 Å². The van der Waals surface area contributed by atoms with Gasteiger partial charge in [-0.3, -0.25) is 0 Å². The van der Waals surface area contributed by atoms with Gasteiger partial charge in [0.05, 0.1) is 19.2 Å². The predicted molar refractivity (Wildman–Crippen MR) is 82.7 cm³/mol. The predicted octanol–water partition coefficient (Wildman–Crippen LogP) is 3.88. The van der Waals surface area contributed by atoms with E-state index in [0.29, 0.717) is 18.0 Å². The van der Waals surface area contributed by atoms with Crippen LogP contribution in [0.4, 0.5) is 4.39 Å². The molecule has 2 rings (SSSR count). The molecule has 0 amide bonds. The summed E-state index contributed by atoms with van der Waals surface area (Å²) in [6, 6.07) is 8.44. The molecule has 0 aliphatic heterocycles. The molecule has 0 heterocycles. The molecule has 1 N–H and O–H groups in total. The number of rotatable bonds is 5. The van der Waals surface area contributed by atoms with Gasteiger partial charge >= 0.3 is 0 Å². The number of benzene rings is 2. The summed E-state index contributed by atoms with van der Waals surface area (Å²) in [5.74, 6) is 0.837. The second kappa shape index (κ2) is 6.78. The van der Waals surface area contributed by atoms with Crippen molar-refractivity contribution in [3.63, 3.8) is 0 Å². The SMILES string of the molecule is CNCc1cc(OC)c(OC)cc1-c1ccc(F)c(Cl)c1. The average Bonchev–Trinajstić information content (AvgIpc) is 2.50. The van der Waals surface area contributed by atoms with Crippen molar-refractivity contribution in [2.24, 2.45) is 0 Å². The minimum absolute atomic E-state index is 0.0951. The Morgan fingerprint density at radius 1 is 1.10 bits per heavy atom. The summed E-state index contributed by atoms with van der Waals surface area (Å²) in [6.07, 6.45) is 0. The average molecular weight is 310 g/mol. The zero-order chi connectivity index (χ0) is 15.4. The monoisotopic (exact) mass is 309 g/mol. The Morgan fingerprint density at radius 3 is 2.33 bits per heavy atom. The normalized spacial score (nSPS) is 10.5. The molecular formula is C16H17ClFNO2. The van der Waals surface area contributed by atoms with Gasteiger partial charge in [-0.25, -0.2) is 4.39 Å². The molecule has 0 saturated heterocycles. The maximum absolute atomic E-state index is 13.3. The molecule has 2 aromatic rings. The lowest BCUT2D eigenvalue weighted by atomic mass is 9.98. The fourth-order valence-electron chi connectivity index (χ4n) is 2.19. The van der Waals surface area contributed by atoms with Crippen molar-refractivity contribution in [3.05, 3.63) is 46.7 Å². The molecule has 0 unspecified atom stereocenters. The highest BCUT2D eigenvalue weighted by Gasteiger charge is 2.13. The Labute approximate surface area is 128 Å². The van der Waals surface area contributed by atoms with Crippen molar-refractivity contribution in [3.8, 4) is 22.6 Å². The molecule has 0 spiro atoms. The van der Waals surface area contributed by atoms with Gasteiger partial charge in [0.25, 0.3) is 0 Å². The first-order chi connectivity index (χ1) is 10.1. The first kappa shape index (κ1) is 15.6. The van der Waals surface area contributed by atoms with E-state index in [0.717, 1.165) is 16.7 Å². The van der Waals surface area contributed by atoms with Crippen LogP contribution in [0.2, 0.25) is 5.02 Å². The third kappa shape index (κ3) is 3.28. The number of halogens is 2. The van der Waals surface area contributed by atoms with Crippen LogP contribution in [0.15, 0.2) is 30.3 Å². The van der Waals surface area contributed by atoms with Gasteiger partial charge in [0.2, 0.25) is 0 Å². The van der Waals surface area contributed by atoms with E-state index >= 15 is 0 Å². The molecule has 0 aliphatic rings. The maximum atomic E-state index is 13.3. The standard InChI is InChI=1S/C16H17ClFNO2/c1-19-9-11-7-15(20-2)16(21-3)8-12(11)10-4-5-14(18)13(17)6-10/h4-8,19H,9H2,1-3H3. The third-order valence-corrected chi connectivity index (χ3v) is 3.50. The zero-order valence-corrected chi connectivity index (χ0v) is 12.9. The fourth-order valence-corrected chi connectivity index (χ4v) is 2.37. The highest BCUT2D eigenvalue weighted by atomic mass is 35.5. The molecule has 5 heteroatoms. The summed E-state index contributed by atoms with van der Waals surface area (Å²) < 4.78 is 24.0. The highest BCUT2D eigenvalue weighted by Crippen LogP contribution is 2.36. The molecule has 0 aliphatic carbocycles. The first-order valence-electron chi connectivity index (χ1n) is 6.45. The summed E-state index contributed by atoms with van der Waals surface area (Å²) in [5, 5.41) is 3.20. The van der Waals surface area contributed by atoms with Gasteiger partial charge < -0.3 is 14.8 Å². The lowest BCUT2D eigenvalue weighted by molar-refractivity contribution is 0.354. The van der Waals surface area contributed by atoms with Gasteiger partial charge in [0.15, 0.2) is 11.5 Å². The number of ether oxygens (including phenoxy) is 2. The maximum Gasteiger partial charge on any atom is 0.161 e. The van der Waals surface area contributed by atoms with Gasteiger partial charge in [0, 0.05) is 6.54 Å². The summed E-state index contributed by atoms with van der Waals surface area (Å²) in [4.78, 5) is 0. The smallest absolute Gasteiger partial charge is 0.161 e. The minimum Gasteiger partial charge on any atom is -0.493 e. The second-order valence-corrected chi connectivity index (χ2v) is 4.93. The van der Waals surface area contributed by atoms with Crippen LogP contribution in [0.25, 0.3) is 11.1 Å². The van der Waals surface area contributed by atoms with E-state index in [1.807, 2.05) is 19.2 Å². The van der Waals surface area contributed by atoms with Crippen LogP contribution < -0.4 is 14.8 Å². The Hall–Kier alpha value is -1.78. The number of nitrogens with one attached hydrogen (secondary N) is 1. The van der Waals surface area contributed by atoms with Crippen molar-refractivity contribution in [1.29, 1.82) is 0 Å². The van der Waals surface area contributed by atoms with Crippen molar-refractivity contribution >= 4 is 11.6 Å². The summed E-state index contributed by atoms with van der Waals surface area (Å²) in [5.41, 5.74) is 2.76. The fraction of sp³-hybridized carbons (Fsp3) is 0.250. The molecule has 0 fully saturated rings. The summed E-state index contributed by atoms with van der Waals surface area (Å²) >= 11 is 5.88. The molecule has 2 aromatic carbocycles. The molecule has 112 valence electrons. The Balaban J connectivity index is 2.61. The molecule has 0 saturated carbocycles. The quantitative estimate of drug-likeness (QED) is 0.909. The van der Waals surface area contributed by atoms with Crippen molar-refractivity contribution in [1.82, 2.24) is 5.32 Å². The lowest BCUT2D eigenvalue weighted by Crippen LogP contribution is -2.07. The second-order valence-electron chi connectivity index (χ2n) is 4.52. The van der Waals surface area contributed by atoms with E-state index < -0.39 is 5.82 Å². The van der Waals surface area contributed by atoms with E-state index in [9.17, 15) is 4.39 Å². The van der Waals surface area contributed by atoms with Gasteiger partial charge in [-0.1, -0.05) is 17.7 Å². The van der Waals surface area contributed by atoms with Crippen molar-refractivity contribution in [2.75, 3.05) is 21.3 Å². The minimum atomic E-state index is -0.434. The Kier molecular flexibility index (Phi) is 5.04. The summed E-state index contributed by atoms with van der Waals surface area (Å²) in [6.45, 7) is 0.644. The number of hydrogen-bond donors (Lipinski definition) is 1. The number of hydrogen-bond acceptors (Lipinski definition) is 3. The van der Waals surface area contributed by atoms with E-state index in [1.165, 1.54) is 6.07 Å². The molecule has 0 atom stereocenters.